The molecule has 0 fully saturated rings. The maximum Gasteiger partial charge on any atom is 0.174 e. The van der Waals surface area contributed by atoms with Crippen molar-refractivity contribution in [3.05, 3.63) is 89.2 Å². The second-order valence-electron chi connectivity index (χ2n) is 6.20. The Morgan fingerprint density at radius 1 is 1.07 bits per heavy atom. The summed E-state index contributed by atoms with van der Waals surface area (Å²) in [7, 11) is 0. The van der Waals surface area contributed by atoms with E-state index >= 15 is 0 Å². The van der Waals surface area contributed by atoms with Gasteiger partial charge in [0, 0.05) is 36.2 Å². The lowest BCUT2D eigenvalue weighted by Crippen LogP contribution is -2.34. The maximum absolute atomic E-state index is 6.37. The molecule has 0 spiro atoms. The van der Waals surface area contributed by atoms with Gasteiger partial charge in [0.05, 0.1) is 6.61 Å². The van der Waals surface area contributed by atoms with E-state index in [9.17, 15) is 0 Å². The third kappa shape index (κ3) is 5.68. The molecule has 1 aromatic heterocycles. The van der Waals surface area contributed by atoms with Crippen LogP contribution in [0.1, 0.15) is 18.1 Å². The minimum absolute atomic E-state index is 0.595. The molecule has 6 heteroatoms. The van der Waals surface area contributed by atoms with Crippen LogP contribution < -0.4 is 10.1 Å². The fourth-order valence-corrected chi connectivity index (χ4v) is 3.19. The lowest BCUT2D eigenvalue weighted by Gasteiger charge is -2.26. The molecule has 3 aromatic rings. The Hall–Kier alpha value is -2.63. The van der Waals surface area contributed by atoms with Gasteiger partial charge in [-0.2, -0.15) is 0 Å². The number of ether oxygens (including phenoxy) is 1. The van der Waals surface area contributed by atoms with Crippen LogP contribution in [0.15, 0.2) is 73.1 Å². The molecule has 3 rings (SSSR count). The van der Waals surface area contributed by atoms with E-state index in [-0.39, 0.29) is 0 Å². The summed E-state index contributed by atoms with van der Waals surface area (Å²) in [4.78, 5) is 6.28. The lowest BCUT2D eigenvalue weighted by molar-refractivity contribution is 0.340. The monoisotopic (exact) mass is 411 g/mol. The van der Waals surface area contributed by atoms with E-state index < -0.39 is 0 Å². The molecule has 4 nitrogen and oxygen atoms in total. The van der Waals surface area contributed by atoms with Crippen LogP contribution in [0.5, 0.6) is 5.75 Å². The van der Waals surface area contributed by atoms with Crippen molar-refractivity contribution in [2.75, 3.05) is 11.9 Å². The van der Waals surface area contributed by atoms with Gasteiger partial charge in [-0.15, -0.1) is 0 Å². The number of nitrogens with zero attached hydrogens (tertiary/aromatic N) is 2. The summed E-state index contributed by atoms with van der Waals surface area (Å²) in [5, 5.41) is 4.65. The van der Waals surface area contributed by atoms with Gasteiger partial charge in [-0.25, -0.2) is 0 Å². The van der Waals surface area contributed by atoms with Crippen LogP contribution in [0.4, 0.5) is 5.69 Å². The molecule has 0 radical (unpaired) electrons. The first-order chi connectivity index (χ1) is 13.7. The number of aromatic nitrogens is 1. The average Bonchev–Trinajstić information content (AvgIpc) is 2.71. The minimum atomic E-state index is 0.595. The summed E-state index contributed by atoms with van der Waals surface area (Å²) in [6, 6.07) is 19.5. The highest BCUT2D eigenvalue weighted by atomic mass is 35.5. The van der Waals surface area contributed by atoms with E-state index in [4.69, 9.17) is 28.6 Å². The molecule has 0 saturated heterocycles. The largest absolute Gasteiger partial charge is 0.494 e. The fourth-order valence-electron chi connectivity index (χ4n) is 2.75. The van der Waals surface area contributed by atoms with Gasteiger partial charge < -0.3 is 15.0 Å². The minimum Gasteiger partial charge on any atom is -0.494 e. The molecule has 28 heavy (non-hydrogen) atoms. The highest BCUT2D eigenvalue weighted by Crippen LogP contribution is 2.20. The summed E-state index contributed by atoms with van der Waals surface area (Å²) in [5.41, 5.74) is 3.00. The molecule has 1 heterocycles. The van der Waals surface area contributed by atoms with Crippen LogP contribution in [-0.2, 0) is 13.1 Å². The highest BCUT2D eigenvalue weighted by molar-refractivity contribution is 7.80. The second kappa shape index (κ2) is 10.1. The number of nitrogens with one attached hydrogen (secondary N) is 1. The van der Waals surface area contributed by atoms with Gasteiger partial charge in [-0.3, -0.25) is 4.98 Å². The molecule has 0 aliphatic carbocycles. The Balaban J connectivity index is 1.76. The van der Waals surface area contributed by atoms with Crippen LogP contribution in [0.3, 0.4) is 0 Å². The van der Waals surface area contributed by atoms with Crippen molar-refractivity contribution in [3.63, 3.8) is 0 Å². The van der Waals surface area contributed by atoms with Gasteiger partial charge in [0.15, 0.2) is 5.11 Å². The van der Waals surface area contributed by atoms with Crippen molar-refractivity contribution in [1.29, 1.82) is 0 Å². The number of benzene rings is 2. The number of rotatable bonds is 7. The molecule has 0 aliphatic rings. The normalized spacial score (nSPS) is 10.4. The zero-order valence-corrected chi connectivity index (χ0v) is 17.2. The number of anilines is 1. The van der Waals surface area contributed by atoms with Gasteiger partial charge in [-0.1, -0.05) is 35.9 Å². The Morgan fingerprint density at radius 3 is 2.54 bits per heavy atom. The van der Waals surface area contributed by atoms with Crippen molar-refractivity contribution in [1.82, 2.24) is 9.88 Å². The van der Waals surface area contributed by atoms with Gasteiger partial charge in [0.25, 0.3) is 0 Å². The van der Waals surface area contributed by atoms with E-state index in [0.717, 1.165) is 27.6 Å². The smallest absolute Gasteiger partial charge is 0.174 e. The highest BCUT2D eigenvalue weighted by Gasteiger charge is 2.13. The van der Waals surface area contributed by atoms with E-state index in [1.165, 1.54) is 0 Å². The molecule has 0 saturated carbocycles. The van der Waals surface area contributed by atoms with Crippen molar-refractivity contribution in [2.24, 2.45) is 0 Å². The summed E-state index contributed by atoms with van der Waals surface area (Å²) >= 11 is 12.1. The molecule has 144 valence electrons. The lowest BCUT2D eigenvalue weighted by atomic mass is 10.2. The Kier molecular flexibility index (Phi) is 7.23. The molecule has 0 aliphatic heterocycles. The summed E-state index contributed by atoms with van der Waals surface area (Å²) in [5.74, 6) is 0.835. The Labute approximate surface area is 176 Å². The number of pyridine rings is 1. The summed E-state index contributed by atoms with van der Waals surface area (Å²) in [6.07, 6.45) is 3.61. The molecule has 0 unspecified atom stereocenters. The second-order valence-corrected chi connectivity index (χ2v) is 6.99. The van der Waals surface area contributed by atoms with Gasteiger partial charge in [0.1, 0.15) is 5.75 Å². The van der Waals surface area contributed by atoms with E-state index in [2.05, 4.69) is 15.2 Å². The molecule has 0 bridgehead atoms. The van der Waals surface area contributed by atoms with Crippen LogP contribution in [0, 0.1) is 0 Å². The zero-order valence-electron chi connectivity index (χ0n) is 15.6. The summed E-state index contributed by atoms with van der Waals surface area (Å²) < 4.78 is 5.49. The maximum atomic E-state index is 6.37. The van der Waals surface area contributed by atoms with Gasteiger partial charge >= 0.3 is 0 Å². The van der Waals surface area contributed by atoms with E-state index in [1.54, 1.807) is 6.20 Å². The van der Waals surface area contributed by atoms with Crippen LogP contribution >= 0.6 is 23.8 Å². The molecular formula is C22H22ClN3OS. The predicted molar refractivity (Wildman–Crippen MR) is 119 cm³/mol. The molecular weight excluding hydrogens is 390 g/mol. The van der Waals surface area contributed by atoms with Crippen LogP contribution in [0.2, 0.25) is 5.02 Å². The average molecular weight is 412 g/mol. The van der Waals surface area contributed by atoms with Crippen molar-refractivity contribution < 1.29 is 4.74 Å². The molecule has 0 amide bonds. The van der Waals surface area contributed by atoms with E-state index in [1.807, 2.05) is 73.8 Å². The third-order valence-corrected chi connectivity index (χ3v) is 4.85. The quantitative estimate of drug-likeness (QED) is 0.517. The molecule has 1 N–H and O–H groups in total. The van der Waals surface area contributed by atoms with Gasteiger partial charge in [-0.05, 0) is 66.7 Å². The third-order valence-electron chi connectivity index (χ3n) is 4.12. The summed E-state index contributed by atoms with van der Waals surface area (Å²) in [6.45, 7) is 3.83. The first-order valence-electron chi connectivity index (χ1n) is 9.07. The number of hydrogen-bond acceptors (Lipinski definition) is 3. The predicted octanol–water partition coefficient (Wildman–Crippen LogP) is 5.53. The SMILES string of the molecule is CCOc1ccc(NC(=S)N(Cc2cccnc2)Cc2ccccc2Cl)cc1. The standard InChI is InChI=1S/C22H22ClN3OS/c1-2-27-20-11-9-19(10-12-20)25-22(28)26(15-17-6-5-13-24-14-17)16-18-7-3-4-8-21(18)23/h3-14H,2,15-16H2,1H3,(H,25,28). The number of thiocarbonyl (C=S) groups is 1. The van der Waals surface area contributed by atoms with E-state index in [0.29, 0.717) is 24.8 Å². The zero-order chi connectivity index (χ0) is 19.8. The topological polar surface area (TPSA) is 37.4 Å². The Morgan fingerprint density at radius 2 is 1.86 bits per heavy atom. The van der Waals surface area contributed by atoms with Crippen molar-refractivity contribution in [2.45, 2.75) is 20.0 Å². The molecule has 0 atom stereocenters. The van der Waals surface area contributed by atoms with Crippen LogP contribution in [0.25, 0.3) is 0 Å². The first-order valence-corrected chi connectivity index (χ1v) is 9.85. The van der Waals surface area contributed by atoms with Crippen molar-refractivity contribution >= 4 is 34.6 Å². The van der Waals surface area contributed by atoms with Crippen LogP contribution in [-0.4, -0.2) is 21.6 Å². The number of halogens is 1. The number of hydrogen-bond donors (Lipinski definition) is 1. The fraction of sp³-hybridized carbons (Fsp3) is 0.182. The van der Waals surface area contributed by atoms with Gasteiger partial charge in [0.2, 0.25) is 0 Å². The first kappa shape index (κ1) is 20.1. The molecule has 2 aromatic carbocycles. The Bertz CT molecular complexity index is 903. The van der Waals surface area contributed by atoms with Crippen molar-refractivity contribution in [3.8, 4) is 5.75 Å².